The molecule has 1 saturated heterocycles. The summed E-state index contributed by atoms with van der Waals surface area (Å²) in [6.07, 6.45) is 1.07. The van der Waals surface area contributed by atoms with Crippen LogP contribution in [0.2, 0.25) is 0 Å². The van der Waals surface area contributed by atoms with Gasteiger partial charge in [0.05, 0.1) is 24.0 Å². The van der Waals surface area contributed by atoms with Crippen LogP contribution in [-0.4, -0.2) is 87.7 Å². The molecule has 0 aromatic heterocycles. The number of hydrogen-bond acceptors (Lipinski definition) is 6. The van der Waals surface area contributed by atoms with Crippen molar-refractivity contribution in [2.24, 2.45) is 5.92 Å². The highest BCUT2D eigenvalue weighted by Gasteiger charge is 2.29. The van der Waals surface area contributed by atoms with E-state index in [-0.39, 0.29) is 34.8 Å². The van der Waals surface area contributed by atoms with Crippen molar-refractivity contribution in [2.45, 2.75) is 24.7 Å². The number of carbonyl (C=O) groups is 3. The Hall–Kier alpha value is -2.46. The molecule has 0 radical (unpaired) electrons. The molecule has 0 N–H and O–H groups in total. The minimum absolute atomic E-state index is 0.0131. The number of amides is 2. The Bertz CT molecular complexity index is 892. The number of rotatable bonds is 7. The Morgan fingerprint density at radius 3 is 2.33 bits per heavy atom. The summed E-state index contributed by atoms with van der Waals surface area (Å²) in [6.45, 7) is 2.83. The van der Waals surface area contributed by atoms with E-state index >= 15 is 0 Å². The molecular weight excluding hydrogens is 410 g/mol. The summed E-state index contributed by atoms with van der Waals surface area (Å²) in [5.41, 5.74) is 0.189. The second-order valence-electron chi connectivity index (χ2n) is 7.38. The van der Waals surface area contributed by atoms with Gasteiger partial charge in [0.15, 0.2) is 0 Å². The Kier molecular flexibility index (Phi) is 7.96. The molecule has 0 spiro atoms. The van der Waals surface area contributed by atoms with Crippen LogP contribution < -0.4 is 0 Å². The van der Waals surface area contributed by atoms with E-state index in [0.717, 1.165) is 4.31 Å². The largest absolute Gasteiger partial charge is 0.466 e. The van der Waals surface area contributed by atoms with E-state index < -0.39 is 15.9 Å². The monoisotopic (exact) mass is 439 g/mol. The maximum absolute atomic E-state index is 12.7. The first-order valence-electron chi connectivity index (χ1n) is 9.80. The van der Waals surface area contributed by atoms with Crippen molar-refractivity contribution in [3.63, 3.8) is 0 Å². The van der Waals surface area contributed by atoms with Crippen molar-refractivity contribution >= 4 is 27.8 Å². The molecule has 1 aliphatic heterocycles. The highest BCUT2D eigenvalue weighted by Crippen LogP contribution is 2.19. The van der Waals surface area contributed by atoms with Crippen LogP contribution in [0.1, 0.15) is 30.1 Å². The standard InChI is InChI=1S/C20H29N3O6S/c1-5-29-20(26)15-9-11-23(12-10-15)18(24)14-22(4)19(25)16-7-6-8-17(13-16)30(27,28)21(2)3/h6-8,13,15H,5,9-12,14H2,1-4H3. The van der Waals surface area contributed by atoms with Crippen LogP contribution in [0.25, 0.3) is 0 Å². The number of likely N-dealkylation sites (tertiary alicyclic amines) is 1. The number of likely N-dealkylation sites (N-methyl/N-ethyl adjacent to an activating group) is 1. The van der Waals surface area contributed by atoms with Crippen molar-refractivity contribution in [1.29, 1.82) is 0 Å². The van der Waals surface area contributed by atoms with Crippen molar-refractivity contribution in [2.75, 3.05) is 47.4 Å². The number of esters is 1. The highest BCUT2D eigenvalue weighted by molar-refractivity contribution is 7.89. The van der Waals surface area contributed by atoms with E-state index in [9.17, 15) is 22.8 Å². The lowest BCUT2D eigenvalue weighted by atomic mass is 9.97. The fourth-order valence-electron chi connectivity index (χ4n) is 3.22. The third-order valence-electron chi connectivity index (χ3n) is 5.05. The van der Waals surface area contributed by atoms with Crippen LogP contribution in [-0.2, 0) is 24.3 Å². The number of benzene rings is 1. The van der Waals surface area contributed by atoms with Crippen molar-refractivity contribution in [3.8, 4) is 0 Å². The Labute approximate surface area is 177 Å². The third-order valence-corrected chi connectivity index (χ3v) is 6.86. The summed E-state index contributed by atoms with van der Waals surface area (Å²) in [6, 6.07) is 5.75. The first kappa shape index (κ1) is 23.8. The van der Waals surface area contributed by atoms with E-state index in [1.165, 1.54) is 50.3 Å². The molecular formula is C20H29N3O6S. The molecule has 0 aliphatic carbocycles. The average molecular weight is 440 g/mol. The molecule has 0 unspecified atom stereocenters. The first-order chi connectivity index (χ1) is 14.1. The van der Waals surface area contributed by atoms with Crippen LogP contribution in [0.5, 0.6) is 0 Å². The van der Waals surface area contributed by atoms with E-state index in [1.54, 1.807) is 11.8 Å². The smallest absolute Gasteiger partial charge is 0.309 e. The molecule has 1 aliphatic rings. The summed E-state index contributed by atoms with van der Waals surface area (Å²) in [5, 5.41) is 0. The molecule has 2 rings (SSSR count). The first-order valence-corrected chi connectivity index (χ1v) is 11.2. The van der Waals surface area contributed by atoms with E-state index in [2.05, 4.69) is 0 Å². The molecule has 30 heavy (non-hydrogen) atoms. The fraction of sp³-hybridized carbons (Fsp3) is 0.550. The second-order valence-corrected chi connectivity index (χ2v) is 9.54. The topological polar surface area (TPSA) is 104 Å². The zero-order chi connectivity index (χ0) is 22.5. The number of sulfonamides is 1. The summed E-state index contributed by atoms with van der Waals surface area (Å²) in [5.74, 6) is -1.09. The highest BCUT2D eigenvalue weighted by atomic mass is 32.2. The average Bonchev–Trinajstić information content (AvgIpc) is 2.73. The Morgan fingerprint density at radius 1 is 1.13 bits per heavy atom. The molecule has 2 amide bonds. The summed E-state index contributed by atoms with van der Waals surface area (Å²) < 4.78 is 30.7. The van der Waals surface area contributed by atoms with Crippen LogP contribution in [0.15, 0.2) is 29.2 Å². The molecule has 166 valence electrons. The summed E-state index contributed by atoms with van der Waals surface area (Å²) in [7, 11) is 0.666. The van der Waals surface area contributed by atoms with E-state index in [0.29, 0.717) is 32.5 Å². The van der Waals surface area contributed by atoms with Crippen molar-refractivity contribution in [3.05, 3.63) is 29.8 Å². The molecule has 1 fully saturated rings. The van der Waals surface area contributed by atoms with Gasteiger partial charge in [0, 0.05) is 39.8 Å². The number of ether oxygens (including phenoxy) is 1. The van der Waals surface area contributed by atoms with Gasteiger partial charge in [-0.25, -0.2) is 12.7 Å². The van der Waals surface area contributed by atoms with Gasteiger partial charge < -0.3 is 14.5 Å². The van der Waals surface area contributed by atoms with Gasteiger partial charge in [0.25, 0.3) is 5.91 Å². The number of nitrogens with zero attached hydrogens (tertiary/aromatic N) is 3. The molecule has 1 aromatic carbocycles. The van der Waals surface area contributed by atoms with E-state index in [4.69, 9.17) is 4.74 Å². The van der Waals surface area contributed by atoms with Crippen molar-refractivity contribution < 1.29 is 27.5 Å². The van der Waals surface area contributed by atoms with E-state index in [1.807, 2.05) is 0 Å². The SMILES string of the molecule is CCOC(=O)C1CCN(C(=O)CN(C)C(=O)c2cccc(S(=O)(=O)N(C)C)c2)CC1. The van der Waals surface area contributed by atoms with Gasteiger partial charge in [-0.05, 0) is 38.0 Å². The lowest BCUT2D eigenvalue weighted by molar-refractivity contribution is -0.151. The Morgan fingerprint density at radius 2 is 1.77 bits per heavy atom. The minimum Gasteiger partial charge on any atom is -0.466 e. The van der Waals surface area contributed by atoms with Crippen LogP contribution in [0.3, 0.4) is 0 Å². The number of piperidine rings is 1. The lowest BCUT2D eigenvalue weighted by Crippen LogP contribution is -2.45. The Balaban J connectivity index is 1.98. The summed E-state index contributed by atoms with van der Waals surface area (Å²) >= 11 is 0. The lowest BCUT2D eigenvalue weighted by Gasteiger charge is -2.32. The molecule has 0 atom stereocenters. The van der Waals surface area contributed by atoms with Crippen molar-refractivity contribution in [1.82, 2.24) is 14.1 Å². The van der Waals surface area contributed by atoms with Crippen LogP contribution >= 0.6 is 0 Å². The predicted octanol–water partition coefficient (Wildman–Crippen LogP) is 0.811. The molecule has 1 aromatic rings. The zero-order valence-electron chi connectivity index (χ0n) is 17.8. The van der Waals surface area contributed by atoms with Crippen LogP contribution in [0, 0.1) is 5.92 Å². The number of carbonyl (C=O) groups excluding carboxylic acids is 3. The third kappa shape index (κ3) is 5.57. The predicted molar refractivity (Wildman–Crippen MR) is 110 cm³/mol. The van der Waals surface area contributed by atoms with Gasteiger partial charge in [0.2, 0.25) is 15.9 Å². The maximum atomic E-state index is 12.7. The quantitative estimate of drug-likeness (QED) is 0.583. The van der Waals surface area contributed by atoms with Crippen LogP contribution in [0.4, 0.5) is 0 Å². The molecule has 10 heteroatoms. The van der Waals surface area contributed by atoms with Gasteiger partial charge >= 0.3 is 5.97 Å². The molecule has 0 bridgehead atoms. The number of hydrogen-bond donors (Lipinski definition) is 0. The minimum atomic E-state index is -3.67. The van der Waals surface area contributed by atoms with Gasteiger partial charge in [-0.15, -0.1) is 0 Å². The van der Waals surface area contributed by atoms with Gasteiger partial charge in [-0.1, -0.05) is 6.07 Å². The maximum Gasteiger partial charge on any atom is 0.309 e. The van der Waals surface area contributed by atoms with Gasteiger partial charge in [0.1, 0.15) is 0 Å². The molecule has 1 heterocycles. The second kappa shape index (κ2) is 10.0. The molecule has 9 nitrogen and oxygen atoms in total. The van der Waals surface area contributed by atoms with Gasteiger partial charge in [-0.3, -0.25) is 14.4 Å². The van der Waals surface area contributed by atoms with Gasteiger partial charge in [-0.2, -0.15) is 0 Å². The molecule has 0 saturated carbocycles. The summed E-state index contributed by atoms with van der Waals surface area (Å²) in [4.78, 5) is 40.0. The fourth-order valence-corrected chi connectivity index (χ4v) is 4.17. The normalized spacial score (nSPS) is 15.2. The zero-order valence-corrected chi connectivity index (χ0v) is 18.6.